The number of hydrogen-bond donors (Lipinski definition) is 0. The van der Waals surface area contributed by atoms with Crippen molar-refractivity contribution < 1.29 is 0 Å². The average molecular weight is 966 g/mol. The van der Waals surface area contributed by atoms with Crippen molar-refractivity contribution in [2.45, 2.75) is 16.2 Å². The van der Waals surface area contributed by atoms with Crippen molar-refractivity contribution in [1.82, 2.24) is 0 Å². The van der Waals surface area contributed by atoms with Crippen molar-refractivity contribution >= 4 is 17.1 Å². The van der Waals surface area contributed by atoms with Gasteiger partial charge in [0, 0.05) is 17.1 Å². The number of nitrogens with zero attached hydrogens (tertiary/aromatic N) is 1. The maximum absolute atomic E-state index is 2.52. The van der Waals surface area contributed by atoms with Crippen LogP contribution in [0, 0.1) is 0 Å². The molecule has 3 aliphatic rings. The van der Waals surface area contributed by atoms with Crippen LogP contribution in [0.5, 0.6) is 0 Å². The number of hydrogen-bond acceptors (Lipinski definition) is 1. The summed E-state index contributed by atoms with van der Waals surface area (Å²) >= 11 is 0. The van der Waals surface area contributed by atoms with Gasteiger partial charge in [0.1, 0.15) is 0 Å². The summed E-state index contributed by atoms with van der Waals surface area (Å²) in [7, 11) is 0. The van der Waals surface area contributed by atoms with E-state index in [1.165, 1.54) is 100 Å². The second-order valence-electron chi connectivity index (χ2n) is 20.6. The fourth-order valence-corrected chi connectivity index (χ4v) is 14.2. The van der Waals surface area contributed by atoms with E-state index < -0.39 is 16.2 Å². The third-order valence-electron chi connectivity index (χ3n) is 17.1. The molecule has 1 heteroatoms. The summed E-state index contributed by atoms with van der Waals surface area (Å²) in [5.74, 6) is 0. The zero-order chi connectivity index (χ0) is 50.3. The van der Waals surface area contributed by atoms with Crippen LogP contribution in [0.1, 0.15) is 66.8 Å². The zero-order valence-electron chi connectivity index (χ0n) is 41.9. The lowest BCUT2D eigenvalue weighted by Crippen LogP contribution is -2.29. The molecule has 0 unspecified atom stereocenters. The smallest absolute Gasteiger partial charge is 0.0714 e. The molecule has 356 valence electrons. The minimum Gasteiger partial charge on any atom is -0.310 e. The molecule has 0 N–H and O–H groups in total. The maximum Gasteiger partial charge on any atom is 0.0714 e. The summed E-state index contributed by atoms with van der Waals surface area (Å²) in [5.41, 5.74) is 24.4. The van der Waals surface area contributed by atoms with Crippen molar-refractivity contribution in [1.29, 1.82) is 0 Å². The molecule has 0 saturated carbocycles. The lowest BCUT2D eigenvalue weighted by Gasteiger charge is -2.36. The van der Waals surface area contributed by atoms with Gasteiger partial charge in [-0.1, -0.05) is 273 Å². The Morgan fingerprint density at radius 2 is 0.395 bits per heavy atom. The molecule has 12 aromatic rings. The second-order valence-corrected chi connectivity index (χ2v) is 20.6. The molecule has 0 saturated heterocycles. The van der Waals surface area contributed by atoms with Crippen LogP contribution in [0.3, 0.4) is 0 Å². The third-order valence-corrected chi connectivity index (χ3v) is 17.1. The monoisotopic (exact) mass is 965 g/mol. The SMILES string of the molecule is c1ccc(C2(c3ccc(N(c4ccc5c(c4)C(c4ccccc4)(c4ccccc4)c4ccccc4-5)c4ccc5c(c4)C(c4ccccc4)(c4ccccc4)c4ccccc4-5)cc3)c3ccccc3-c3ccccc32)cc1. The van der Waals surface area contributed by atoms with Gasteiger partial charge in [-0.25, -0.2) is 0 Å². The normalized spacial score (nSPS) is 14.4. The fraction of sp³-hybridized carbons (Fsp3) is 0.0400. The van der Waals surface area contributed by atoms with E-state index in [0.717, 1.165) is 17.1 Å². The predicted molar refractivity (Wildman–Crippen MR) is 313 cm³/mol. The first kappa shape index (κ1) is 44.0. The number of anilines is 3. The summed E-state index contributed by atoms with van der Waals surface area (Å²) in [5, 5.41) is 0. The zero-order valence-corrected chi connectivity index (χ0v) is 41.9. The van der Waals surface area contributed by atoms with Crippen LogP contribution >= 0.6 is 0 Å². The minimum absolute atomic E-state index is 0.521. The Morgan fingerprint density at radius 1 is 0.171 bits per heavy atom. The Morgan fingerprint density at radius 3 is 0.697 bits per heavy atom. The summed E-state index contributed by atoms with van der Waals surface area (Å²) < 4.78 is 0. The molecule has 3 aliphatic carbocycles. The van der Waals surface area contributed by atoms with Crippen molar-refractivity contribution in [3.05, 3.63) is 376 Å². The van der Waals surface area contributed by atoms with Crippen molar-refractivity contribution in [3.8, 4) is 33.4 Å². The van der Waals surface area contributed by atoms with Crippen LogP contribution in [-0.4, -0.2) is 0 Å². The first-order chi connectivity index (χ1) is 37.7. The quantitative estimate of drug-likeness (QED) is 0.139. The standard InChI is InChI=1S/C75H51N/c1-6-24-52(25-7-1)73(67-38-20-16-34-61(67)62-35-17-21-39-68(62)73)57-42-44-58(45-43-57)76(59-46-48-65-63-36-18-22-40-69(63)74(71(65)50-59,53-26-8-2-9-27-53)54-28-10-3-11-29-54)60-47-49-66-64-37-19-23-41-70(64)75(72(66)51-60,55-30-12-4-13-31-55)56-32-14-5-15-33-56/h1-51H. The summed E-state index contributed by atoms with van der Waals surface area (Å²) in [4.78, 5) is 2.52. The van der Waals surface area contributed by atoms with Crippen LogP contribution in [0.2, 0.25) is 0 Å². The molecule has 12 aromatic carbocycles. The molecule has 0 aliphatic heterocycles. The number of fused-ring (bicyclic) bond motifs is 9. The Hall–Kier alpha value is -9.56. The van der Waals surface area contributed by atoms with E-state index in [1.54, 1.807) is 0 Å². The van der Waals surface area contributed by atoms with Crippen LogP contribution in [0.4, 0.5) is 17.1 Å². The van der Waals surface area contributed by atoms with Crippen molar-refractivity contribution in [3.63, 3.8) is 0 Å². The first-order valence-corrected chi connectivity index (χ1v) is 26.6. The van der Waals surface area contributed by atoms with Gasteiger partial charge in [-0.05, 0) is 137 Å². The van der Waals surface area contributed by atoms with Gasteiger partial charge >= 0.3 is 0 Å². The maximum atomic E-state index is 2.52. The molecule has 0 atom stereocenters. The largest absolute Gasteiger partial charge is 0.310 e. The van der Waals surface area contributed by atoms with Gasteiger partial charge in [0.05, 0.1) is 16.2 Å². The van der Waals surface area contributed by atoms with Crippen molar-refractivity contribution in [2.24, 2.45) is 0 Å². The summed E-state index contributed by atoms with van der Waals surface area (Å²) in [6, 6.07) is 116. The van der Waals surface area contributed by atoms with Crippen molar-refractivity contribution in [2.75, 3.05) is 4.90 Å². The highest BCUT2D eigenvalue weighted by Crippen LogP contribution is 2.61. The van der Waals surface area contributed by atoms with Gasteiger partial charge in [0.15, 0.2) is 0 Å². The second kappa shape index (κ2) is 17.3. The Balaban J connectivity index is 1.00. The van der Waals surface area contributed by atoms with Gasteiger partial charge in [0.25, 0.3) is 0 Å². The lowest BCUT2D eigenvalue weighted by molar-refractivity contribution is 0.767. The molecular weight excluding hydrogens is 915 g/mol. The Kier molecular flexibility index (Phi) is 9.99. The van der Waals surface area contributed by atoms with E-state index >= 15 is 0 Å². The van der Waals surface area contributed by atoms with E-state index in [-0.39, 0.29) is 0 Å². The van der Waals surface area contributed by atoms with E-state index in [9.17, 15) is 0 Å². The molecule has 0 heterocycles. The molecule has 1 nitrogen and oxygen atoms in total. The van der Waals surface area contributed by atoms with Gasteiger partial charge in [0.2, 0.25) is 0 Å². The highest BCUT2D eigenvalue weighted by atomic mass is 15.1. The van der Waals surface area contributed by atoms with Crippen LogP contribution in [0.25, 0.3) is 33.4 Å². The van der Waals surface area contributed by atoms with Crippen LogP contribution < -0.4 is 4.90 Å². The Bertz CT molecular complexity index is 3840. The molecule has 0 radical (unpaired) electrons. The predicted octanol–water partition coefficient (Wildman–Crippen LogP) is 18.2. The Labute approximate surface area is 445 Å². The van der Waals surface area contributed by atoms with E-state index in [1.807, 2.05) is 0 Å². The van der Waals surface area contributed by atoms with Crippen LogP contribution in [-0.2, 0) is 16.2 Å². The fourth-order valence-electron chi connectivity index (χ4n) is 14.2. The molecule has 15 rings (SSSR count). The van der Waals surface area contributed by atoms with Gasteiger partial charge in [-0.2, -0.15) is 0 Å². The molecule has 0 amide bonds. The molecule has 76 heavy (non-hydrogen) atoms. The van der Waals surface area contributed by atoms with E-state index in [2.05, 4.69) is 314 Å². The van der Waals surface area contributed by atoms with Crippen LogP contribution in [0.15, 0.2) is 309 Å². The lowest BCUT2D eigenvalue weighted by atomic mass is 9.67. The number of benzene rings is 12. The van der Waals surface area contributed by atoms with Gasteiger partial charge in [-0.3, -0.25) is 0 Å². The van der Waals surface area contributed by atoms with E-state index in [4.69, 9.17) is 0 Å². The topological polar surface area (TPSA) is 3.24 Å². The summed E-state index contributed by atoms with van der Waals surface area (Å²) in [6.45, 7) is 0. The molecular formula is C75H51N. The average Bonchev–Trinajstić information content (AvgIpc) is 4.29. The number of rotatable bonds is 9. The highest BCUT2D eigenvalue weighted by molar-refractivity contribution is 5.93. The third kappa shape index (κ3) is 6.09. The first-order valence-electron chi connectivity index (χ1n) is 26.6. The minimum atomic E-state index is -0.569. The van der Waals surface area contributed by atoms with Gasteiger partial charge in [-0.15, -0.1) is 0 Å². The summed E-state index contributed by atoms with van der Waals surface area (Å²) in [6.07, 6.45) is 0. The molecule has 0 aromatic heterocycles. The molecule has 0 bridgehead atoms. The molecule has 0 spiro atoms. The highest BCUT2D eigenvalue weighted by Gasteiger charge is 2.49. The van der Waals surface area contributed by atoms with Gasteiger partial charge < -0.3 is 4.90 Å². The molecule has 0 fully saturated rings. The van der Waals surface area contributed by atoms with E-state index in [0.29, 0.717) is 0 Å².